The summed E-state index contributed by atoms with van der Waals surface area (Å²) in [5, 5.41) is 0. The first kappa shape index (κ1) is 18.1. The van der Waals surface area contributed by atoms with E-state index in [1.165, 1.54) is 12.8 Å². The highest BCUT2D eigenvalue weighted by atomic mass is 35.5. The topological polar surface area (TPSA) is 55.6 Å². The van der Waals surface area contributed by atoms with Crippen LogP contribution in [0.1, 0.15) is 49.4 Å². The molecule has 1 unspecified atom stereocenters. The SMILES string of the molecule is CC1(CN)CCN(C(=O)c2cccc(OC3CCCC3)c2)C1.Cl. The first-order valence-electron chi connectivity index (χ1n) is 8.36. The standard InChI is InChI=1S/C18H26N2O2.ClH/c1-18(12-19)9-10-20(13-18)17(21)14-5-4-8-16(11-14)22-15-6-2-3-7-15;/h4-5,8,11,15H,2-3,6-7,9-10,12-13,19H2,1H3;1H. The minimum Gasteiger partial charge on any atom is -0.490 e. The highest BCUT2D eigenvalue weighted by Gasteiger charge is 2.35. The third kappa shape index (κ3) is 4.18. The van der Waals surface area contributed by atoms with Gasteiger partial charge >= 0.3 is 0 Å². The molecule has 0 spiro atoms. The quantitative estimate of drug-likeness (QED) is 0.916. The van der Waals surface area contributed by atoms with Crippen LogP contribution in [0.3, 0.4) is 0 Å². The highest BCUT2D eigenvalue weighted by Crippen LogP contribution is 2.30. The van der Waals surface area contributed by atoms with Gasteiger partial charge in [-0.25, -0.2) is 0 Å². The molecule has 1 saturated carbocycles. The van der Waals surface area contributed by atoms with Crippen molar-refractivity contribution in [1.29, 1.82) is 0 Å². The number of hydrogen-bond acceptors (Lipinski definition) is 3. The molecule has 1 saturated heterocycles. The monoisotopic (exact) mass is 338 g/mol. The Hall–Kier alpha value is -1.26. The Bertz CT molecular complexity index is 546. The van der Waals surface area contributed by atoms with Crippen molar-refractivity contribution >= 4 is 18.3 Å². The molecular weight excluding hydrogens is 312 g/mol. The summed E-state index contributed by atoms with van der Waals surface area (Å²) in [5.74, 6) is 0.910. The molecule has 23 heavy (non-hydrogen) atoms. The molecule has 2 fully saturated rings. The van der Waals surface area contributed by atoms with Crippen LogP contribution in [0.2, 0.25) is 0 Å². The predicted molar refractivity (Wildman–Crippen MR) is 94.3 cm³/mol. The molecular formula is C18H27ClN2O2. The molecule has 1 aromatic carbocycles. The fourth-order valence-corrected chi connectivity index (χ4v) is 3.45. The molecule has 3 rings (SSSR count). The molecule has 2 aliphatic rings. The second-order valence-electron chi connectivity index (χ2n) is 7.04. The number of benzene rings is 1. The highest BCUT2D eigenvalue weighted by molar-refractivity contribution is 5.94. The molecule has 1 aliphatic heterocycles. The zero-order valence-electron chi connectivity index (χ0n) is 13.8. The maximum Gasteiger partial charge on any atom is 0.254 e. The van der Waals surface area contributed by atoms with Crippen molar-refractivity contribution in [2.45, 2.75) is 45.1 Å². The Morgan fingerprint density at radius 3 is 2.78 bits per heavy atom. The summed E-state index contributed by atoms with van der Waals surface area (Å²) < 4.78 is 6.00. The van der Waals surface area contributed by atoms with Gasteiger partial charge in [0.25, 0.3) is 5.91 Å². The summed E-state index contributed by atoms with van der Waals surface area (Å²) in [7, 11) is 0. The lowest BCUT2D eigenvalue weighted by atomic mass is 9.90. The van der Waals surface area contributed by atoms with Crippen LogP contribution in [-0.4, -0.2) is 36.5 Å². The van der Waals surface area contributed by atoms with Crippen molar-refractivity contribution in [3.8, 4) is 5.75 Å². The van der Waals surface area contributed by atoms with Crippen molar-refractivity contribution in [3.05, 3.63) is 29.8 Å². The van der Waals surface area contributed by atoms with E-state index in [-0.39, 0.29) is 23.7 Å². The van der Waals surface area contributed by atoms with Gasteiger partial charge in [-0.15, -0.1) is 12.4 Å². The number of hydrogen-bond donors (Lipinski definition) is 1. The zero-order chi connectivity index (χ0) is 15.6. The lowest BCUT2D eigenvalue weighted by molar-refractivity contribution is 0.0776. The largest absolute Gasteiger partial charge is 0.490 e. The van der Waals surface area contributed by atoms with Gasteiger partial charge in [-0.05, 0) is 62.3 Å². The summed E-state index contributed by atoms with van der Waals surface area (Å²) in [5.41, 5.74) is 6.61. The van der Waals surface area contributed by atoms with Crippen LogP contribution in [0, 0.1) is 5.41 Å². The van der Waals surface area contributed by atoms with E-state index in [2.05, 4.69) is 6.92 Å². The number of ether oxygens (including phenoxy) is 1. The minimum atomic E-state index is 0. The van der Waals surface area contributed by atoms with Crippen molar-refractivity contribution in [3.63, 3.8) is 0 Å². The van der Waals surface area contributed by atoms with Gasteiger partial charge in [-0.3, -0.25) is 4.79 Å². The number of nitrogens with two attached hydrogens (primary N) is 1. The summed E-state index contributed by atoms with van der Waals surface area (Å²) in [6.07, 6.45) is 6.03. The zero-order valence-corrected chi connectivity index (χ0v) is 14.6. The second kappa shape index (κ2) is 7.54. The van der Waals surface area contributed by atoms with Crippen molar-refractivity contribution in [1.82, 2.24) is 4.90 Å². The van der Waals surface area contributed by atoms with Gasteiger partial charge in [-0.1, -0.05) is 13.0 Å². The first-order valence-corrected chi connectivity index (χ1v) is 8.36. The first-order chi connectivity index (χ1) is 10.6. The third-order valence-electron chi connectivity index (χ3n) is 5.02. The Morgan fingerprint density at radius 2 is 2.13 bits per heavy atom. The van der Waals surface area contributed by atoms with Gasteiger partial charge in [0, 0.05) is 18.7 Å². The van der Waals surface area contributed by atoms with Gasteiger partial charge in [0.2, 0.25) is 0 Å². The molecule has 1 amide bonds. The molecule has 0 radical (unpaired) electrons. The van der Waals surface area contributed by atoms with E-state index in [1.54, 1.807) is 0 Å². The Morgan fingerprint density at radius 1 is 1.39 bits per heavy atom. The van der Waals surface area contributed by atoms with Crippen LogP contribution < -0.4 is 10.5 Å². The minimum absolute atomic E-state index is 0. The molecule has 5 heteroatoms. The number of nitrogens with zero attached hydrogens (tertiary/aromatic N) is 1. The average molecular weight is 339 g/mol. The number of halogens is 1. The van der Waals surface area contributed by atoms with E-state index in [4.69, 9.17) is 10.5 Å². The maximum absolute atomic E-state index is 12.7. The smallest absolute Gasteiger partial charge is 0.254 e. The molecule has 1 atom stereocenters. The van der Waals surface area contributed by atoms with E-state index in [0.29, 0.717) is 12.6 Å². The number of amides is 1. The van der Waals surface area contributed by atoms with Gasteiger partial charge in [-0.2, -0.15) is 0 Å². The summed E-state index contributed by atoms with van der Waals surface area (Å²) >= 11 is 0. The molecule has 1 heterocycles. The molecule has 1 aliphatic carbocycles. The number of carbonyl (C=O) groups is 1. The molecule has 1 aromatic rings. The lowest BCUT2D eigenvalue weighted by Gasteiger charge is -2.22. The summed E-state index contributed by atoms with van der Waals surface area (Å²) in [4.78, 5) is 14.6. The summed E-state index contributed by atoms with van der Waals surface area (Å²) in [6, 6.07) is 7.62. The van der Waals surface area contributed by atoms with Crippen LogP contribution in [-0.2, 0) is 0 Å². The van der Waals surface area contributed by atoms with Crippen LogP contribution in [0.25, 0.3) is 0 Å². The Kier molecular flexibility index (Phi) is 5.93. The molecule has 128 valence electrons. The van der Waals surface area contributed by atoms with Crippen LogP contribution >= 0.6 is 12.4 Å². The Labute approximate surface area is 144 Å². The van der Waals surface area contributed by atoms with E-state index >= 15 is 0 Å². The molecule has 2 N–H and O–H groups in total. The van der Waals surface area contributed by atoms with Crippen molar-refractivity contribution in [2.75, 3.05) is 19.6 Å². The number of rotatable bonds is 4. The molecule has 4 nitrogen and oxygen atoms in total. The summed E-state index contributed by atoms with van der Waals surface area (Å²) in [6.45, 7) is 4.32. The average Bonchev–Trinajstić information content (AvgIpc) is 3.17. The van der Waals surface area contributed by atoms with E-state index in [0.717, 1.165) is 43.7 Å². The van der Waals surface area contributed by atoms with Crippen molar-refractivity contribution in [2.24, 2.45) is 11.1 Å². The van der Waals surface area contributed by atoms with Crippen LogP contribution in [0.15, 0.2) is 24.3 Å². The fraction of sp³-hybridized carbons (Fsp3) is 0.611. The lowest BCUT2D eigenvalue weighted by Crippen LogP contribution is -2.34. The second-order valence-corrected chi connectivity index (χ2v) is 7.04. The Balaban J connectivity index is 0.00000192. The van der Waals surface area contributed by atoms with E-state index in [9.17, 15) is 4.79 Å². The van der Waals surface area contributed by atoms with Crippen LogP contribution in [0.4, 0.5) is 0 Å². The van der Waals surface area contributed by atoms with Gasteiger partial charge in [0.05, 0.1) is 6.10 Å². The van der Waals surface area contributed by atoms with Gasteiger partial charge < -0.3 is 15.4 Å². The normalized spacial score (nSPS) is 24.5. The predicted octanol–water partition coefficient (Wildman–Crippen LogP) is 3.24. The van der Waals surface area contributed by atoms with E-state index in [1.807, 2.05) is 29.2 Å². The number of carbonyl (C=O) groups excluding carboxylic acids is 1. The van der Waals surface area contributed by atoms with Gasteiger partial charge in [0.1, 0.15) is 5.75 Å². The molecule has 0 bridgehead atoms. The number of likely N-dealkylation sites (tertiary alicyclic amines) is 1. The maximum atomic E-state index is 12.7. The van der Waals surface area contributed by atoms with E-state index < -0.39 is 0 Å². The molecule has 0 aromatic heterocycles. The van der Waals surface area contributed by atoms with Gasteiger partial charge in [0.15, 0.2) is 0 Å². The fourth-order valence-electron chi connectivity index (χ4n) is 3.45. The third-order valence-corrected chi connectivity index (χ3v) is 5.02. The van der Waals surface area contributed by atoms with Crippen molar-refractivity contribution < 1.29 is 9.53 Å². The van der Waals surface area contributed by atoms with Crippen LogP contribution in [0.5, 0.6) is 5.75 Å².